The lowest BCUT2D eigenvalue weighted by molar-refractivity contribution is -0.687. The van der Waals surface area contributed by atoms with E-state index >= 15 is 35.1 Å². The van der Waals surface area contributed by atoms with Crippen molar-refractivity contribution in [3.8, 4) is 11.6 Å². The normalized spacial score (nSPS) is 11.4. The van der Waals surface area contributed by atoms with Crippen LogP contribution in [-0.4, -0.2) is 16.9 Å². The van der Waals surface area contributed by atoms with E-state index in [0.717, 1.165) is 4.47 Å². The zero-order valence-electron chi connectivity index (χ0n) is 32.4. The maximum absolute atomic E-state index is 15.4. The molecule has 0 amide bonds. The van der Waals surface area contributed by atoms with Crippen LogP contribution in [0.1, 0.15) is 10.4 Å². The zero-order valence-corrected chi connectivity index (χ0v) is 33.9. The van der Waals surface area contributed by atoms with Crippen LogP contribution in [0.2, 0.25) is 0 Å². The minimum atomic E-state index is -7.22. The predicted molar refractivity (Wildman–Crippen MR) is 199 cm³/mol. The highest BCUT2D eigenvalue weighted by Gasteiger charge is 2.52. The number of benzene rings is 6. The predicted octanol–water partition coefficient (Wildman–Crippen LogP) is 9.65. The van der Waals surface area contributed by atoms with Crippen molar-refractivity contribution in [2.24, 2.45) is 0 Å². The Kier molecular flexibility index (Phi) is 14.3. The third kappa shape index (κ3) is 8.37. The Hall–Kier alpha value is -6.99. The molecule has 0 aliphatic heterocycles. The summed E-state index contributed by atoms with van der Waals surface area (Å²) in [5.74, 6) is -70.2. The minimum Gasteiger partial charge on any atom is -0.404 e. The van der Waals surface area contributed by atoms with E-state index in [4.69, 9.17) is 4.74 Å². The van der Waals surface area contributed by atoms with Crippen molar-refractivity contribution in [1.29, 1.82) is 0 Å². The highest BCUT2D eigenvalue weighted by Crippen LogP contribution is 2.31. The summed E-state index contributed by atoms with van der Waals surface area (Å²) in [6, 6.07) is 16.7. The monoisotopic (exact) mass is 1050 g/mol. The number of ether oxygens (including phenoxy) is 1. The van der Waals surface area contributed by atoms with E-state index in [1.165, 1.54) is 0 Å². The fraction of sp³-hybridized carbons (Fsp3) is 0.0238. The Bertz CT molecular complexity index is 2780. The molecule has 0 aliphatic rings. The molecule has 0 saturated heterocycles. The maximum atomic E-state index is 15.4. The lowest BCUT2D eigenvalue weighted by Crippen LogP contribution is -2.81. The molecule has 1 heterocycles. The quantitative estimate of drug-likeness (QED) is 0.0362. The standard InChI is InChI=1S/C24BF20.C18H14BrN2O2/c26-5-1(6(27)14(35)21(42)13(5)34)25(2-7(28)15(36)22(43)16(37)8(2)29,3-9(30)17(38)23(44)18(39)10(3)31)4-11(32)19(40)24(45)20(41)12(4)33;19-15-6-8-16(9-7-15)23-18-12-20-10-11-21(18)13-17(22)14-4-2-1-3-5-14/h;1-12H,13H2/q-1;+1. The van der Waals surface area contributed by atoms with Crippen LogP contribution in [0, 0.1) is 116 Å². The first-order valence-electron chi connectivity index (χ1n) is 18.0. The smallest absolute Gasteiger partial charge is 0.392 e. The van der Waals surface area contributed by atoms with E-state index in [9.17, 15) is 57.5 Å². The van der Waals surface area contributed by atoms with Crippen molar-refractivity contribution in [3.05, 3.63) is 200 Å². The lowest BCUT2D eigenvalue weighted by Gasteiger charge is -2.44. The van der Waals surface area contributed by atoms with Gasteiger partial charge in [0.05, 0.1) is 6.20 Å². The van der Waals surface area contributed by atoms with Gasteiger partial charge >= 0.3 is 5.88 Å². The van der Waals surface area contributed by atoms with E-state index in [2.05, 4.69) is 20.9 Å². The molecular weight excluding hydrogens is 1040 g/mol. The van der Waals surface area contributed by atoms with E-state index in [1.807, 2.05) is 42.5 Å². The van der Waals surface area contributed by atoms with E-state index in [0.29, 0.717) is 17.2 Å². The van der Waals surface area contributed by atoms with Gasteiger partial charge in [-0.05, 0) is 24.3 Å². The van der Waals surface area contributed by atoms with E-state index < -0.39 is 144 Å². The molecule has 0 radical (unpaired) electrons. The average molecular weight is 1050 g/mol. The fourth-order valence-electron chi connectivity index (χ4n) is 6.96. The number of Topliss-reactive ketones (excluding diaryl/α,β-unsaturated/α-hetero) is 1. The Morgan fingerprint density at radius 3 is 1.09 bits per heavy atom. The SMILES string of the molecule is Fc1c(F)c(F)c([B-](c2c(F)c(F)c(F)c(F)c2F)(c2c(F)c(F)c(F)c(F)c2F)c2c(F)c(F)c(F)c(F)c2F)c(F)c1F.O=C(C[n+]1ccncc1Oc1ccc(Br)cc1)c1ccccc1. The number of nitrogens with zero attached hydrogens (tertiary/aromatic N) is 2. The molecule has 4 nitrogen and oxygen atoms in total. The number of carbonyl (C=O) groups excluding carboxylic acids is 1. The van der Waals surface area contributed by atoms with Crippen LogP contribution in [-0.2, 0) is 6.54 Å². The van der Waals surface area contributed by atoms with Crippen LogP contribution in [0.25, 0.3) is 0 Å². The van der Waals surface area contributed by atoms with Crippen LogP contribution in [0.3, 0.4) is 0 Å². The molecule has 0 fully saturated rings. The summed E-state index contributed by atoms with van der Waals surface area (Å²) in [6.07, 6.45) is -2.26. The fourth-order valence-corrected chi connectivity index (χ4v) is 7.22. The van der Waals surface area contributed by atoms with Crippen molar-refractivity contribution in [2.45, 2.75) is 6.54 Å². The molecule has 0 aliphatic carbocycles. The molecule has 0 bridgehead atoms. The maximum Gasteiger partial charge on any atom is 0.392 e. The van der Waals surface area contributed by atoms with Crippen LogP contribution in [0.4, 0.5) is 87.8 Å². The largest absolute Gasteiger partial charge is 0.404 e. The summed E-state index contributed by atoms with van der Waals surface area (Å²) in [5.41, 5.74) is -13.7. The number of halogens is 21. The van der Waals surface area contributed by atoms with Gasteiger partial charge in [-0.25, -0.2) is 92.8 Å². The van der Waals surface area contributed by atoms with Gasteiger partial charge < -0.3 is 4.74 Å². The van der Waals surface area contributed by atoms with E-state index in [-0.39, 0.29) is 12.3 Å². The molecule has 68 heavy (non-hydrogen) atoms. The van der Waals surface area contributed by atoms with Gasteiger partial charge in [-0.1, -0.05) is 46.3 Å². The molecule has 0 N–H and O–H groups in total. The molecule has 7 aromatic rings. The van der Waals surface area contributed by atoms with Gasteiger partial charge in [0, 0.05) is 10.0 Å². The highest BCUT2D eigenvalue weighted by molar-refractivity contribution is 9.10. The number of ketones is 1. The van der Waals surface area contributed by atoms with Crippen LogP contribution < -0.4 is 31.2 Å². The molecule has 6 aromatic carbocycles. The first-order valence-corrected chi connectivity index (χ1v) is 18.8. The Balaban J connectivity index is 0.000000276. The highest BCUT2D eigenvalue weighted by atomic mass is 79.9. The second-order valence-corrected chi connectivity index (χ2v) is 14.6. The Morgan fingerprint density at radius 2 is 0.765 bits per heavy atom. The van der Waals surface area contributed by atoms with Gasteiger partial charge in [-0.3, -0.25) is 4.79 Å². The van der Waals surface area contributed by atoms with Crippen LogP contribution in [0.15, 0.2) is 77.7 Å². The van der Waals surface area contributed by atoms with Crippen molar-refractivity contribution >= 4 is 49.7 Å². The van der Waals surface area contributed by atoms with Gasteiger partial charge in [-0.15, -0.1) is 21.9 Å². The molecule has 0 unspecified atom stereocenters. The van der Waals surface area contributed by atoms with Gasteiger partial charge in [-0.2, -0.15) is 4.57 Å². The topological polar surface area (TPSA) is 43.1 Å². The third-order valence-electron chi connectivity index (χ3n) is 9.95. The van der Waals surface area contributed by atoms with Gasteiger partial charge in [0.15, 0.2) is 76.0 Å². The van der Waals surface area contributed by atoms with E-state index in [1.54, 1.807) is 35.3 Å². The summed E-state index contributed by atoms with van der Waals surface area (Å²) >= 11 is 3.39. The van der Waals surface area contributed by atoms with Crippen molar-refractivity contribution in [2.75, 3.05) is 0 Å². The second-order valence-electron chi connectivity index (χ2n) is 13.7. The van der Waals surface area contributed by atoms with Crippen LogP contribution >= 0.6 is 15.9 Å². The van der Waals surface area contributed by atoms with Crippen LogP contribution in [0.5, 0.6) is 11.6 Å². The zero-order chi connectivity index (χ0) is 50.4. The molecular formula is C42H14BBrF20N2O2. The molecule has 0 atom stereocenters. The third-order valence-corrected chi connectivity index (χ3v) is 10.5. The Morgan fingerprint density at radius 1 is 0.456 bits per heavy atom. The van der Waals surface area contributed by atoms with Gasteiger partial charge in [0.25, 0.3) is 0 Å². The number of hydrogen-bond donors (Lipinski definition) is 0. The molecule has 354 valence electrons. The summed E-state index contributed by atoms with van der Waals surface area (Å²) in [5, 5.41) is 0. The average Bonchev–Trinajstić information content (AvgIpc) is 3.33. The van der Waals surface area contributed by atoms with Crippen molar-refractivity contribution in [1.82, 2.24) is 4.98 Å². The second kappa shape index (κ2) is 19.3. The summed E-state index contributed by atoms with van der Waals surface area (Å²) in [4.78, 5) is 16.4. The van der Waals surface area contributed by atoms with Crippen molar-refractivity contribution in [3.63, 3.8) is 0 Å². The number of rotatable bonds is 9. The summed E-state index contributed by atoms with van der Waals surface area (Å²) in [6.45, 7) is 0.193. The molecule has 0 saturated carbocycles. The number of carbonyl (C=O) groups is 1. The Labute approximate surface area is 373 Å². The molecule has 7 rings (SSSR count). The molecule has 0 spiro atoms. The molecule has 1 aromatic heterocycles. The summed E-state index contributed by atoms with van der Waals surface area (Å²) in [7, 11) is 0. The van der Waals surface area contributed by atoms with Gasteiger partial charge in [0.1, 0.15) is 64.6 Å². The first-order chi connectivity index (χ1) is 31.9. The number of aromatic nitrogens is 2. The van der Waals surface area contributed by atoms with Gasteiger partial charge in [0.2, 0.25) is 12.3 Å². The first kappa shape index (κ1) is 50.4. The minimum absolute atomic E-state index is 0.0162. The number of hydrogen-bond acceptors (Lipinski definition) is 3. The molecule has 26 heteroatoms. The lowest BCUT2D eigenvalue weighted by atomic mass is 9.12. The summed E-state index contributed by atoms with van der Waals surface area (Å²) < 4.78 is 302. The van der Waals surface area contributed by atoms with Crippen molar-refractivity contribution < 1.29 is 102 Å².